The Morgan fingerprint density at radius 1 is 0.536 bits per heavy atom. The molecule has 1 aromatic heterocycles. The maximum atomic E-state index is 13.8. The lowest BCUT2D eigenvalue weighted by Gasteiger charge is -2.18. The van der Waals surface area contributed by atoms with Crippen molar-refractivity contribution in [3.8, 4) is 5.69 Å². The predicted octanol–water partition coefficient (Wildman–Crippen LogP) is 2.25. The second kappa shape index (κ2) is 25.4. The molecule has 0 aliphatic heterocycles. The summed E-state index contributed by atoms with van der Waals surface area (Å²) in [5.74, 6) is -9.37. The summed E-state index contributed by atoms with van der Waals surface area (Å²) in [5, 5.41) is 72.4. The Morgan fingerprint density at radius 2 is 0.913 bits per heavy atom. The number of aryl methyl sites for hydroxylation is 1. The van der Waals surface area contributed by atoms with E-state index in [1.165, 1.54) is 53.3 Å². The number of halogens is 1. The third-order valence-electron chi connectivity index (χ3n) is 10.3. The van der Waals surface area contributed by atoms with Gasteiger partial charge in [-0.1, -0.05) is 53.7 Å². The minimum Gasteiger partial charge on any atom is -0.481 e. The van der Waals surface area contributed by atoms with Gasteiger partial charge >= 0.3 is 47.9 Å². The Bertz CT molecular complexity index is 2400. The van der Waals surface area contributed by atoms with Crippen molar-refractivity contribution in [3.05, 3.63) is 112 Å². The molecular formula is C45H48FN7O16. The van der Waals surface area contributed by atoms with E-state index in [1.807, 2.05) is 0 Å². The molecule has 0 spiro atoms. The predicted molar refractivity (Wildman–Crippen MR) is 235 cm³/mol. The Labute approximate surface area is 390 Å². The quantitative estimate of drug-likeness (QED) is 0.0365. The van der Waals surface area contributed by atoms with Crippen molar-refractivity contribution in [3.63, 3.8) is 0 Å². The summed E-state index contributed by atoms with van der Waals surface area (Å²) in [4.78, 5) is 121. The highest BCUT2D eigenvalue weighted by Gasteiger charge is 2.27. The van der Waals surface area contributed by atoms with Crippen LogP contribution >= 0.6 is 0 Å². The molecule has 0 bridgehead atoms. The average molecular weight is 962 g/mol. The molecule has 0 saturated carbocycles. The highest BCUT2D eigenvalue weighted by atomic mass is 19.1. The molecular weight excluding hydrogens is 914 g/mol. The van der Waals surface area contributed by atoms with Crippen molar-refractivity contribution in [1.82, 2.24) is 36.3 Å². The van der Waals surface area contributed by atoms with Gasteiger partial charge in [-0.25, -0.2) is 33.4 Å². The molecule has 4 aromatic rings. The SMILES string of the molecule is O=C(O)CCC(NC(=O)N[C@@H](Cc1ccc(CC(=O)c2cc(C(=O)Cc3ccc(C[C@H](NC(=O)NC(CCC(=O)O)C(=O)O)C(=O)O)cc3)cc(-n3cc(CCCF)nn3)c2)cc1)C(=O)O)C(=O)O. The van der Waals surface area contributed by atoms with Crippen LogP contribution in [0.25, 0.3) is 5.69 Å². The number of aliphatic carboxylic acids is 6. The fraction of sp³-hybridized carbons (Fsp3) is 0.333. The number of urea groups is 2. The van der Waals surface area contributed by atoms with E-state index in [1.54, 1.807) is 24.3 Å². The van der Waals surface area contributed by atoms with Crippen LogP contribution in [0.3, 0.4) is 0 Å². The number of carboxylic acid groups (broad SMARTS) is 6. The van der Waals surface area contributed by atoms with Crippen LogP contribution in [-0.4, -0.2) is 136 Å². The number of ketones is 2. The number of benzene rings is 3. The van der Waals surface area contributed by atoms with Crippen LogP contribution in [0.2, 0.25) is 0 Å². The molecule has 3 aromatic carbocycles. The Morgan fingerprint density at radius 3 is 1.28 bits per heavy atom. The van der Waals surface area contributed by atoms with Crippen LogP contribution in [0.5, 0.6) is 0 Å². The maximum Gasteiger partial charge on any atom is 0.326 e. The number of carbonyl (C=O) groups is 10. The molecule has 0 radical (unpaired) electrons. The second-order valence-corrected chi connectivity index (χ2v) is 15.6. The van der Waals surface area contributed by atoms with E-state index in [0.717, 1.165) is 0 Å². The van der Waals surface area contributed by atoms with Crippen molar-refractivity contribution in [2.24, 2.45) is 0 Å². The highest BCUT2D eigenvalue weighted by molar-refractivity contribution is 6.03. The van der Waals surface area contributed by atoms with Crippen molar-refractivity contribution in [2.75, 3.05) is 6.67 Å². The Balaban J connectivity index is 1.48. The molecule has 366 valence electrons. The first kappa shape index (κ1) is 53.0. The lowest BCUT2D eigenvalue weighted by molar-refractivity contribution is -0.142. The van der Waals surface area contributed by atoms with Gasteiger partial charge in [0.2, 0.25) is 0 Å². The zero-order valence-electron chi connectivity index (χ0n) is 36.5. The van der Waals surface area contributed by atoms with E-state index in [0.29, 0.717) is 27.9 Å². The molecule has 10 N–H and O–H groups in total. The average Bonchev–Trinajstić information content (AvgIpc) is 3.77. The van der Waals surface area contributed by atoms with Gasteiger partial charge in [-0.2, -0.15) is 0 Å². The monoisotopic (exact) mass is 961 g/mol. The van der Waals surface area contributed by atoms with Crippen molar-refractivity contribution < 1.29 is 83.0 Å². The van der Waals surface area contributed by atoms with Gasteiger partial charge in [0.05, 0.1) is 24.3 Å². The number of alkyl halides is 1. The summed E-state index contributed by atoms with van der Waals surface area (Å²) in [6.45, 7) is -0.584. The van der Waals surface area contributed by atoms with Crippen molar-refractivity contribution >= 4 is 59.4 Å². The topological polar surface area (TPSA) is 371 Å². The van der Waals surface area contributed by atoms with Crippen LogP contribution in [0.4, 0.5) is 14.0 Å². The zero-order valence-corrected chi connectivity index (χ0v) is 36.5. The molecule has 0 fully saturated rings. The molecule has 0 saturated heterocycles. The molecule has 69 heavy (non-hydrogen) atoms. The lowest BCUT2D eigenvalue weighted by atomic mass is 9.95. The van der Waals surface area contributed by atoms with Crippen molar-refractivity contribution in [2.45, 2.75) is 88.4 Å². The van der Waals surface area contributed by atoms with Gasteiger partial charge in [-0.05, 0) is 66.1 Å². The minimum absolute atomic E-state index is 0.105. The summed E-state index contributed by atoms with van der Waals surface area (Å²) in [6, 6.07) is 8.17. The van der Waals surface area contributed by atoms with Gasteiger partial charge in [0.25, 0.3) is 0 Å². The number of Topliss-reactive ketones (excluding diaryl/α,β-unsaturated/α-hetero) is 2. The number of amides is 4. The third kappa shape index (κ3) is 17.3. The first-order chi connectivity index (χ1) is 32.7. The summed E-state index contributed by atoms with van der Waals surface area (Å²) < 4.78 is 14.2. The number of aromatic nitrogens is 3. The van der Waals surface area contributed by atoms with E-state index >= 15 is 0 Å². The number of rotatable bonds is 28. The molecule has 4 atom stereocenters. The van der Waals surface area contributed by atoms with Crippen LogP contribution in [0.1, 0.15) is 80.8 Å². The Kier molecular flexibility index (Phi) is 19.5. The molecule has 0 aliphatic carbocycles. The standard InChI is InChI=1S/C45H48FN7O16/c46-15-1-2-30-23-53(52-51-30)31-21-28(36(54)18-26-7-3-24(4-8-26)16-34(42(64)65)49-44(68)47-32(40(60)61)11-13-38(56)57)20-29(22-31)37(55)19-27-9-5-25(6-10-27)17-35(43(66)67)50-45(69)48-33(41(62)63)12-14-39(58)59/h3-10,20-23,32-35H,1-2,11-19H2,(H,56,57)(H,58,59)(H,60,61)(H,62,63)(H,64,65)(H,66,67)(H2,47,49,68)(H2,48,50,69)/t32?,33?,34-,35-/m0/s1. The molecule has 4 amide bonds. The molecule has 0 aliphatic rings. The van der Waals surface area contributed by atoms with Gasteiger partial charge in [0.1, 0.15) is 24.2 Å². The van der Waals surface area contributed by atoms with E-state index in [2.05, 4.69) is 31.6 Å². The van der Waals surface area contributed by atoms with Gasteiger partial charge in [-0.3, -0.25) is 23.6 Å². The first-order valence-corrected chi connectivity index (χ1v) is 21.0. The van der Waals surface area contributed by atoms with Crippen LogP contribution in [0, 0.1) is 0 Å². The van der Waals surface area contributed by atoms with Crippen LogP contribution in [-0.2, 0) is 60.9 Å². The highest BCUT2D eigenvalue weighted by Crippen LogP contribution is 2.20. The molecule has 2 unspecified atom stereocenters. The smallest absolute Gasteiger partial charge is 0.326 e. The van der Waals surface area contributed by atoms with E-state index < -0.39 is 116 Å². The van der Waals surface area contributed by atoms with E-state index in [9.17, 15) is 72.8 Å². The van der Waals surface area contributed by atoms with Gasteiger partial charge in [0, 0.05) is 49.7 Å². The number of carboxylic acids is 6. The van der Waals surface area contributed by atoms with Crippen molar-refractivity contribution in [1.29, 1.82) is 0 Å². The molecule has 1 heterocycles. The van der Waals surface area contributed by atoms with Crippen LogP contribution < -0.4 is 21.3 Å². The van der Waals surface area contributed by atoms with Gasteiger partial charge in [-0.15, -0.1) is 5.10 Å². The van der Waals surface area contributed by atoms with Gasteiger partial charge in [0.15, 0.2) is 11.6 Å². The number of nitrogens with one attached hydrogen (secondary N) is 4. The maximum absolute atomic E-state index is 13.8. The number of hydrogen-bond donors (Lipinski definition) is 10. The fourth-order valence-corrected chi connectivity index (χ4v) is 6.65. The van der Waals surface area contributed by atoms with Crippen LogP contribution in [0.15, 0.2) is 72.9 Å². The summed E-state index contributed by atoms with van der Waals surface area (Å²) >= 11 is 0. The summed E-state index contributed by atoms with van der Waals surface area (Å²) in [5.41, 5.74) is 2.76. The lowest BCUT2D eigenvalue weighted by Crippen LogP contribution is -2.51. The fourth-order valence-electron chi connectivity index (χ4n) is 6.65. The number of hydrogen-bond acceptors (Lipinski definition) is 12. The molecule has 24 heteroatoms. The van der Waals surface area contributed by atoms with Gasteiger partial charge < -0.3 is 51.9 Å². The second-order valence-electron chi connectivity index (χ2n) is 15.6. The first-order valence-electron chi connectivity index (χ1n) is 21.0. The summed E-state index contributed by atoms with van der Waals surface area (Å²) in [6.07, 6.45) is -0.872. The molecule has 23 nitrogen and oxygen atoms in total. The third-order valence-corrected chi connectivity index (χ3v) is 10.3. The Hall–Kier alpha value is -8.57. The minimum atomic E-state index is -1.59. The number of carbonyl (C=O) groups excluding carboxylic acids is 4. The van der Waals surface area contributed by atoms with E-state index in [-0.39, 0.29) is 55.3 Å². The molecule has 4 rings (SSSR count). The summed E-state index contributed by atoms with van der Waals surface area (Å²) in [7, 11) is 0. The number of nitrogens with zero attached hydrogens (tertiary/aromatic N) is 3. The largest absolute Gasteiger partial charge is 0.481 e. The zero-order chi connectivity index (χ0) is 50.8. The normalized spacial score (nSPS) is 12.6. The van der Waals surface area contributed by atoms with E-state index in [4.69, 9.17) is 10.2 Å².